The first kappa shape index (κ1) is 15.8. The van der Waals surface area contributed by atoms with Crippen LogP contribution in [0.2, 0.25) is 18.1 Å². The predicted molar refractivity (Wildman–Crippen MR) is 79.1 cm³/mol. The Morgan fingerprint density at radius 1 is 1.22 bits per heavy atom. The van der Waals surface area contributed by atoms with Crippen LogP contribution in [-0.4, -0.2) is 27.6 Å². The van der Waals surface area contributed by atoms with Crippen LogP contribution in [0.15, 0.2) is 0 Å². The van der Waals surface area contributed by atoms with Crippen LogP contribution in [0, 0.1) is 11.8 Å². The molecule has 1 rings (SSSR count). The maximum atomic E-state index is 6.01. The lowest BCUT2D eigenvalue weighted by Gasteiger charge is -2.35. The SMILES string of the molecule is CC(C)(C)[Si](C)(C)OCC#CCC1CCCCO1. The third-order valence-electron chi connectivity index (χ3n) is 4.04. The molecule has 0 aliphatic carbocycles. The zero-order valence-electron chi connectivity index (χ0n) is 12.6. The van der Waals surface area contributed by atoms with Crippen molar-refractivity contribution in [2.24, 2.45) is 0 Å². The predicted octanol–water partition coefficient (Wildman–Crippen LogP) is 3.97. The summed E-state index contributed by atoms with van der Waals surface area (Å²) < 4.78 is 11.7. The molecular formula is C15H28O2Si. The monoisotopic (exact) mass is 268 g/mol. The van der Waals surface area contributed by atoms with Crippen LogP contribution in [0.5, 0.6) is 0 Å². The van der Waals surface area contributed by atoms with Gasteiger partial charge in [0.15, 0.2) is 8.32 Å². The lowest BCUT2D eigenvalue weighted by atomic mass is 10.1. The highest BCUT2D eigenvalue weighted by atomic mass is 28.4. The van der Waals surface area contributed by atoms with E-state index in [9.17, 15) is 0 Å². The van der Waals surface area contributed by atoms with Gasteiger partial charge in [0.25, 0.3) is 0 Å². The summed E-state index contributed by atoms with van der Waals surface area (Å²) in [5.41, 5.74) is 0. The Morgan fingerprint density at radius 2 is 1.94 bits per heavy atom. The van der Waals surface area contributed by atoms with E-state index < -0.39 is 8.32 Å². The van der Waals surface area contributed by atoms with Crippen LogP contribution < -0.4 is 0 Å². The third-order valence-corrected chi connectivity index (χ3v) is 8.52. The molecule has 0 spiro atoms. The Balaban J connectivity index is 2.25. The minimum absolute atomic E-state index is 0.265. The second-order valence-electron chi connectivity index (χ2n) is 6.60. The van der Waals surface area contributed by atoms with Crippen LogP contribution in [-0.2, 0) is 9.16 Å². The molecule has 0 aromatic heterocycles. The fourth-order valence-electron chi connectivity index (χ4n) is 1.64. The Morgan fingerprint density at radius 3 is 2.50 bits per heavy atom. The fourth-order valence-corrected chi connectivity index (χ4v) is 2.50. The lowest BCUT2D eigenvalue weighted by molar-refractivity contribution is 0.0197. The molecule has 0 radical (unpaired) electrons. The molecule has 1 atom stereocenters. The summed E-state index contributed by atoms with van der Waals surface area (Å²) in [6.45, 7) is 12.8. The van der Waals surface area contributed by atoms with Crippen LogP contribution >= 0.6 is 0 Å². The van der Waals surface area contributed by atoms with Crippen molar-refractivity contribution in [3.05, 3.63) is 0 Å². The van der Waals surface area contributed by atoms with E-state index in [1.165, 1.54) is 12.8 Å². The molecule has 1 fully saturated rings. The van der Waals surface area contributed by atoms with Gasteiger partial charge in [0.05, 0.1) is 12.7 Å². The second kappa shape index (κ2) is 6.74. The van der Waals surface area contributed by atoms with E-state index >= 15 is 0 Å². The fraction of sp³-hybridized carbons (Fsp3) is 0.867. The lowest BCUT2D eigenvalue weighted by Crippen LogP contribution is -2.40. The average molecular weight is 268 g/mol. The molecule has 0 aromatic rings. The van der Waals surface area contributed by atoms with Crippen molar-refractivity contribution < 1.29 is 9.16 Å². The van der Waals surface area contributed by atoms with E-state index in [-0.39, 0.29) is 5.04 Å². The van der Waals surface area contributed by atoms with E-state index in [4.69, 9.17) is 9.16 Å². The molecule has 1 unspecified atom stereocenters. The molecule has 1 heterocycles. The van der Waals surface area contributed by atoms with Crippen molar-refractivity contribution in [1.29, 1.82) is 0 Å². The highest BCUT2D eigenvalue weighted by Gasteiger charge is 2.36. The van der Waals surface area contributed by atoms with E-state index in [2.05, 4.69) is 45.7 Å². The number of hydrogen-bond donors (Lipinski definition) is 0. The van der Waals surface area contributed by atoms with Crippen LogP contribution in [0.25, 0.3) is 0 Å². The van der Waals surface area contributed by atoms with Gasteiger partial charge in [0, 0.05) is 13.0 Å². The molecule has 0 N–H and O–H groups in total. The van der Waals surface area contributed by atoms with Gasteiger partial charge in [-0.1, -0.05) is 32.6 Å². The zero-order valence-corrected chi connectivity index (χ0v) is 13.6. The number of rotatable bonds is 3. The van der Waals surface area contributed by atoms with Crippen LogP contribution in [0.3, 0.4) is 0 Å². The summed E-state index contributed by atoms with van der Waals surface area (Å²) in [7, 11) is -1.63. The molecule has 0 amide bonds. The molecule has 3 heteroatoms. The van der Waals surface area contributed by atoms with Gasteiger partial charge in [-0.25, -0.2) is 0 Å². The van der Waals surface area contributed by atoms with Crippen LogP contribution in [0.4, 0.5) is 0 Å². The van der Waals surface area contributed by atoms with Gasteiger partial charge in [-0.3, -0.25) is 0 Å². The van der Waals surface area contributed by atoms with E-state index in [1.807, 2.05) is 0 Å². The maximum Gasteiger partial charge on any atom is 0.193 e. The first-order valence-electron chi connectivity index (χ1n) is 7.04. The van der Waals surface area contributed by atoms with Gasteiger partial charge in [0.2, 0.25) is 0 Å². The van der Waals surface area contributed by atoms with Crippen molar-refractivity contribution in [3.8, 4) is 11.8 Å². The summed E-state index contributed by atoms with van der Waals surface area (Å²) in [4.78, 5) is 0. The standard InChI is InChI=1S/C15H28O2Si/c1-15(2,3)18(4,5)17-13-9-7-11-14-10-6-8-12-16-14/h14H,6,8,10-13H2,1-5H3. The minimum Gasteiger partial charge on any atom is -0.406 e. The maximum absolute atomic E-state index is 6.01. The zero-order chi connectivity index (χ0) is 13.6. The third kappa shape index (κ3) is 5.13. The topological polar surface area (TPSA) is 18.5 Å². The Labute approximate surface area is 114 Å². The number of ether oxygens (including phenoxy) is 1. The molecule has 1 saturated heterocycles. The molecule has 1 aliphatic rings. The van der Waals surface area contributed by atoms with Crippen molar-refractivity contribution in [3.63, 3.8) is 0 Å². The van der Waals surface area contributed by atoms with Crippen molar-refractivity contribution in [2.75, 3.05) is 13.2 Å². The first-order chi connectivity index (χ1) is 8.33. The van der Waals surface area contributed by atoms with E-state index in [1.54, 1.807) is 0 Å². The highest BCUT2D eigenvalue weighted by Crippen LogP contribution is 2.36. The summed E-state index contributed by atoms with van der Waals surface area (Å²) >= 11 is 0. The molecule has 18 heavy (non-hydrogen) atoms. The Kier molecular flexibility index (Phi) is 5.90. The van der Waals surface area contributed by atoms with Gasteiger partial charge in [-0.2, -0.15) is 0 Å². The summed E-state index contributed by atoms with van der Waals surface area (Å²) in [6, 6.07) is 0. The quantitative estimate of drug-likeness (QED) is 0.569. The van der Waals surface area contributed by atoms with Crippen molar-refractivity contribution in [2.45, 2.75) is 70.7 Å². The Hall–Kier alpha value is -0.303. The number of hydrogen-bond acceptors (Lipinski definition) is 2. The molecule has 1 aliphatic heterocycles. The normalized spacial score (nSPS) is 21.3. The van der Waals surface area contributed by atoms with Gasteiger partial charge in [-0.05, 0) is 37.4 Å². The largest absolute Gasteiger partial charge is 0.406 e. The smallest absolute Gasteiger partial charge is 0.193 e. The summed E-state index contributed by atoms with van der Waals surface area (Å²) in [5, 5.41) is 0.265. The van der Waals surface area contributed by atoms with Gasteiger partial charge in [0.1, 0.15) is 0 Å². The van der Waals surface area contributed by atoms with E-state index in [0.717, 1.165) is 19.4 Å². The molecule has 0 saturated carbocycles. The molecule has 104 valence electrons. The average Bonchev–Trinajstić information content (AvgIpc) is 2.28. The van der Waals surface area contributed by atoms with Crippen LogP contribution in [0.1, 0.15) is 46.5 Å². The first-order valence-corrected chi connectivity index (χ1v) is 9.95. The molecule has 0 aromatic carbocycles. The minimum atomic E-state index is -1.63. The summed E-state index contributed by atoms with van der Waals surface area (Å²) in [5.74, 6) is 6.34. The second-order valence-corrected chi connectivity index (χ2v) is 11.4. The Bertz CT molecular complexity index is 301. The van der Waals surface area contributed by atoms with Crippen molar-refractivity contribution >= 4 is 8.32 Å². The van der Waals surface area contributed by atoms with Gasteiger partial charge in [-0.15, -0.1) is 0 Å². The summed E-state index contributed by atoms with van der Waals surface area (Å²) in [6.07, 6.45) is 4.88. The highest BCUT2D eigenvalue weighted by molar-refractivity contribution is 6.74. The molecular weight excluding hydrogens is 240 g/mol. The van der Waals surface area contributed by atoms with Crippen molar-refractivity contribution in [1.82, 2.24) is 0 Å². The van der Waals surface area contributed by atoms with E-state index in [0.29, 0.717) is 12.7 Å². The van der Waals surface area contributed by atoms with Gasteiger partial charge >= 0.3 is 0 Å². The molecule has 0 bridgehead atoms. The van der Waals surface area contributed by atoms with Gasteiger partial charge < -0.3 is 9.16 Å². The molecule has 2 nitrogen and oxygen atoms in total.